The van der Waals surface area contributed by atoms with Crippen LogP contribution in [0.1, 0.15) is 26.3 Å². The van der Waals surface area contributed by atoms with Gasteiger partial charge in [-0.2, -0.15) is 0 Å². The average molecular weight is 238 g/mol. The number of rotatable bonds is 4. The van der Waals surface area contributed by atoms with E-state index in [0.29, 0.717) is 6.54 Å². The van der Waals surface area contributed by atoms with Crippen molar-refractivity contribution in [1.82, 2.24) is 5.32 Å². The fourth-order valence-corrected chi connectivity index (χ4v) is 2.05. The Morgan fingerprint density at radius 3 is 2.47 bits per heavy atom. The maximum atomic E-state index is 13.8. The molecule has 0 spiro atoms. The summed E-state index contributed by atoms with van der Waals surface area (Å²) in [5.41, 5.74) is 1.90. The van der Waals surface area contributed by atoms with E-state index in [4.69, 9.17) is 0 Å². The highest BCUT2D eigenvalue weighted by Crippen LogP contribution is 2.25. The van der Waals surface area contributed by atoms with Crippen molar-refractivity contribution >= 4 is 5.69 Å². The summed E-state index contributed by atoms with van der Waals surface area (Å²) in [6, 6.07) is 5.26. The molecule has 0 aromatic heterocycles. The lowest BCUT2D eigenvalue weighted by Gasteiger charge is -2.30. The molecule has 17 heavy (non-hydrogen) atoms. The molecule has 96 valence electrons. The predicted octanol–water partition coefficient (Wildman–Crippen LogP) is 3.03. The van der Waals surface area contributed by atoms with Gasteiger partial charge in [-0.1, -0.05) is 26.8 Å². The Morgan fingerprint density at radius 2 is 1.94 bits per heavy atom. The lowest BCUT2D eigenvalue weighted by molar-refractivity contribution is 0.418. The molecule has 0 heterocycles. The summed E-state index contributed by atoms with van der Waals surface area (Å²) in [6.45, 7) is 7.99. The zero-order valence-corrected chi connectivity index (χ0v) is 11.5. The molecule has 0 atom stereocenters. The van der Waals surface area contributed by atoms with Gasteiger partial charge in [0.15, 0.2) is 0 Å². The molecule has 0 fully saturated rings. The molecule has 3 heteroatoms. The van der Waals surface area contributed by atoms with Crippen LogP contribution < -0.4 is 10.2 Å². The van der Waals surface area contributed by atoms with Crippen LogP contribution in [0.25, 0.3) is 0 Å². The molecule has 1 aromatic rings. The second-order valence-electron chi connectivity index (χ2n) is 5.68. The monoisotopic (exact) mass is 238 g/mol. The van der Waals surface area contributed by atoms with Crippen LogP contribution in [0.15, 0.2) is 18.2 Å². The van der Waals surface area contributed by atoms with Crippen molar-refractivity contribution < 1.29 is 4.39 Å². The van der Waals surface area contributed by atoms with E-state index in [1.807, 2.05) is 20.2 Å². The van der Waals surface area contributed by atoms with E-state index < -0.39 is 0 Å². The van der Waals surface area contributed by atoms with E-state index in [1.54, 1.807) is 6.07 Å². The standard InChI is InChI=1S/C14H23FN2/c1-14(2,3)10-17(5)13-8-6-7-12(15)11(13)9-16-4/h6-8,16H,9-10H2,1-5H3. The summed E-state index contributed by atoms with van der Waals surface area (Å²) in [4.78, 5) is 2.12. The third kappa shape index (κ3) is 4.00. The summed E-state index contributed by atoms with van der Waals surface area (Å²) in [5.74, 6) is -0.141. The van der Waals surface area contributed by atoms with Crippen LogP contribution in [0.5, 0.6) is 0 Å². The fraction of sp³-hybridized carbons (Fsp3) is 0.571. The molecule has 0 unspecified atom stereocenters. The molecule has 1 aromatic carbocycles. The number of nitrogens with zero attached hydrogens (tertiary/aromatic N) is 1. The Labute approximate surface area is 104 Å². The summed E-state index contributed by atoms with van der Waals surface area (Å²) >= 11 is 0. The number of halogens is 1. The van der Waals surface area contributed by atoms with Crippen LogP contribution in [-0.2, 0) is 6.54 Å². The molecule has 0 bridgehead atoms. The van der Waals surface area contributed by atoms with Crippen molar-refractivity contribution in [2.45, 2.75) is 27.3 Å². The van der Waals surface area contributed by atoms with Crippen LogP contribution in [-0.4, -0.2) is 20.6 Å². The van der Waals surface area contributed by atoms with Gasteiger partial charge < -0.3 is 10.2 Å². The lowest BCUT2D eigenvalue weighted by atomic mass is 9.95. The number of hydrogen-bond donors (Lipinski definition) is 1. The lowest BCUT2D eigenvalue weighted by Crippen LogP contribution is -2.30. The number of nitrogens with one attached hydrogen (secondary N) is 1. The largest absolute Gasteiger partial charge is 0.374 e. The zero-order valence-electron chi connectivity index (χ0n) is 11.5. The normalized spacial score (nSPS) is 11.6. The molecule has 1 rings (SSSR count). The van der Waals surface area contributed by atoms with Gasteiger partial charge in [0.05, 0.1) is 0 Å². The van der Waals surface area contributed by atoms with Gasteiger partial charge in [0.25, 0.3) is 0 Å². The molecule has 2 nitrogen and oxygen atoms in total. The Balaban J connectivity index is 3.00. The number of hydrogen-bond acceptors (Lipinski definition) is 2. The zero-order chi connectivity index (χ0) is 13.1. The van der Waals surface area contributed by atoms with Crippen molar-refractivity contribution in [3.8, 4) is 0 Å². The van der Waals surface area contributed by atoms with Crippen molar-refractivity contribution in [2.24, 2.45) is 5.41 Å². The molecule has 1 N–H and O–H groups in total. The van der Waals surface area contributed by atoms with Crippen LogP contribution in [0, 0.1) is 11.2 Å². The Kier molecular flexibility index (Phi) is 4.52. The third-order valence-corrected chi connectivity index (χ3v) is 2.57. The maximum absolute atomic E-state index is 13.8. The van der Waals surface area contributed by atoms with Gasteiger partial charge in [-0.05, 0) is 24.6 Å². The molecule has 0 aliphatic rings. The first-order valence-corrected chi connectivity index (χ1v) is 5.98. The second-order valence-corrected chi connectivity index (χ2v) is 5.68. The quantitative estimate of drug-likeness (QED) is 0.867. The minimum atomic E-state index is -0.141. The first kappa shape index (κ1) is 14.0. The Morgan fingerprint density at radius 1 is 1.29 bits per heavy atom. The van der Waals surface area contributed by atoms with Crippen molar-refractivity contribution in [3.63, 3.8) is 0 Å². The van der Waals surface area contributed by atoms with E-state index in [2.05, 4.69) is 31.0 Å². The molecule has 0 saturated carbocycles. The number of benzene rings is 1. The molecular weight excluding hydrogens is 215 g/mol. The maximum Gasteiger partial charge on any atom is 0.129 e. The first-order valence-electron chi connectivity index (χ1n) is 5.98. The minimum Gasteiger partial charge on any atom is -0.374 e. The summed E-state index contributed by atoms with van der Waals surface area (Å²) in [5, 5.41) is 3.02. The predicted molar refractivity (Wildman–Crippen MR) is 71.9 cm³/mol. The SMILES string of the molecule is CNCc1c(F)cccc1N(C)CC(C)(C)C. The molecule has 0 saturated heterocycles. The molecular formula is C14H23FN2. The van der Waals surface area contributed by atoms with E-state index in [1.165, 1.54) is 6.07 Å². The van der Waals surface area contributed by atoms with Crippen LogP contribution >= 0.6 is 0 Å². The average Bonchev–Trinajstić information content (AvgIpc) is 2.18. The summed E-state index contributed by atoms with van der Waals surface area (Å²) in [6.07, 6.45) is 0. The van der Waals surface area contributed by atoms with Crippen LogP contribution in [0.2, 0.25) is 0 Å². The molecule has 0 aliphatic carbocycles. The summed E-state index contributed by atoms with van der Waals surface area (Å²) < 4.78 is 13.8. The first-order chi connectivity index (χ1) is 7.85. The smallest absolute Gasteiger partial charge is 0.129 e. The molecule has 0 aliphatic heterocycles. The van der Waals surface area contributed by atoms with Gasteiger partial charge in [-0.3, -0.25) is 0 Å². The van der Waals surface area contributed by atoms with Gasteiger partial charge in [0.2, 0.25) is 0 Å². The second kappa shape index (κ2) is 5.50. The van der Waals surface area contributed by atoms with Crippen molar-refractivity contribution in [1.29, 1.82) is 0 Å². The highest BCUT2D eigenvalue weighted by atomic mass is 19.1. The van der Waals surface area contributed by atoms with E-state index in [9.17, 15) is 4.39 Å². The third-order valence-electron chi connectivity index (χ3n) is 2.57. The Hall–Kier alpha value is -1.09. The van der Waals surface area contributed by atoms with Gasteiger partial charge in [-0.15, -0.1) is 0 Å². The van der Waals surface area contributed by atoms with Crippen molar-refractivity contribution in [3.05, 3.63) is 29.6 Å². The summed E-state index contributed by atoms with van der Waals surface area (Å²) in [7, 11) is 3.85. The molecule has 0 amide bonds. The highest BCUT2D eigenvalue weighted by molar-refractivity contribution is 5.53. The van der Waals surface area contributed by atoms with Gasteiger partial charge in [0.1, 0.15) is 5.82 Å². The van der Waals surface area contributed by atoms with E-state index in [-0.39, 0.29) is 11.2 Å². The van der Waals surface area contributed by atoms with Crippen LogP contribution in [0.4, 0.5) is 10.1 Å². The Bertz CT molecular complexity index is 369. The highest BCUT2D eigenvalue weighted by Gasteiger charge is 2.17. The number of anilines is 1. The minimum absolute atomic E-state index is 0.141. The molecule has 0 radical (unpaired) electrons. The van der Waals surface area contributed by atoms with Gasteiger partial charge >= 0.3 is 0 Å². The fourth-order valence-electron chi connectivity index (χ4n) is 2.05. The van der Waals surface area contributed by atoms with Gasteiger partial charge in [0, 0.05) is 31.4 Å². The van der Waals surface area contributed by atoms with Crippen molar-refractivity contribution in [2.75, 3.05) is 25.5 Å². The van der Waals surface area contributed by atoms with E-state index in [0.717, 1.165) is 17.8 Å². The van der Waals surface area contributed by atoms with Crippen LogP contribution in [0.3, 0.4) is 0 Å². The topological polar surface area (TPSA) is 15.3 Å². The van der Waals surface area contributed by atoms with E-state index >= 15 is 0 Å². The van der Waals surface area contributed by atoms with Gasteiger partial charge in [-0.25, -0.2) is 4.39 Å².